The first kappa shape index (κ1) is 14.8. The molecular formula is C14H16F3NO2. The molecule has 0 aliphatic carbocycles. The quantitative estimate of drug-likeness (QED) is 0.897. The van der Waals surface area contributed by atoms with Crippen molar-refractivity contribution >= 4 is 5.97 Å². The SMILES string of the molecule is Cc1ccccc1C[C@H]1CNC[C@]1(C(=O)O)C(F)(F)F. The molecule has 0 spiro atoms. The number of carboxylic acids is 1. The molecule has 110 valence electrons. The Balaban J connectivity index is 2.35. The van der Waals surface area contributed by atoms with E-state index >= 15 is 0 Å². The largest absolute Gasteiger partial charge is 0.481 e. The van der Waals surface area contributed by atoms with E-state index in [2.05, 4.69) is 5.32 Å². The van der Waals surface area contributed by atoms with Crippen LogP contribution in [0.2, 0.25) is 0 Å². The Bertz CT molecular complexity index is 515. The Labute approximate surface area is 114 Å². The van der Waals surface area contributed by atoms with Crippen molar-refractivity contribution in [1.82, 2.24) is 5.32 Å². The topological polar surface area (TPSA) is 49.3 Å². The van der Waals surface area contributed by atoms with Gasteiger partial charge in [0.1, 0.15) is 0 Å². The summed E-state index contributed by atoms with van der Waals surface area (Å²) in [6, 6.07) is 7.12. The molecule has 0 bridgehead atoms. The number of nitrogens with one attached hydrogen (secondary N) is 1. The van der Waals surface area contributed by atoms with Crippen LogP contribution in [-0.4, -0.2) is 30.3 Å². The number of rotatable bonds is 3. The van der Waals surface area contributed by atoms with E-state index in [4.69, 9.17) is 5.11 Å². The van der Waals surface area contributed by atoms with Gasteiger partial charge in [0, 0.05) is 12.5 Å². The van der Waals surface area contributed by atoms with E-state index in [1.165, 1.54) is 0 Å². The number of aryl methyl sites for hydroxylation is 1. The molecule has 1 aliphatic heterocycles. The number of carboxylic acid groups (broad SMARTS) is 1. The maximum atomic E-state index is 13.3. The zero-order chi connectivity index (χ0) is 15.0. The van der Waals surface area contributed by atoms with Gasteiger partial charge in [-0.25, -0.2) is 0 Å². The van der Waals surface area contributed by atoms with Crippen molar-refractivity contribution < 1.29 is 23.1 Å². The molecule has 1 aliphatic rings. The molecule has 2 rings (SSSR count). The summed E-state index contributed by atoms with van der Waals surface area (Å²) in [7, 11) is 0. The second kappa shape index (κ2) is 5.09. The highest BCUT2D eigenvalue weighted by Gasteiger charge is 2.66. The van der Waals surface area contributed by atoms with E-state index < -0.39 is 30.0 Å². The minimum Gasteiger partial charge on any atom is -0.481 e. The number of halogens is 3. The lowest BCUT2D eigenvalue weighted by Gasteiger charge is -2.32. The molecule has 2 N–H and O–H groups in total. The minimum absolute atomic E-state index is 0.0557. The number of alkyl halides is 3. The fraction of sp³-hybridized carbons (Fsp3) is 0.500. The van der Waals surface area contributed by atoms with E-state index in [0.29, 0.717) is 0 Å². The third-order valence-electron chi connectivity index (χ3n) is 4.11. The van der Waals surface area contributed by atoms with Crippen LogP contribution in [0.15, 0.2) is 24.3 Å². The van der Waals surface area contributed by atoms with Gasteiger partial charge in [-0.2, -0.15) is 13.2 Å². The van der Waals surface area contributed by atoms with Crippen LogP contribution in [0.1, 0.15) is 11.1 Å². The highest BCUT2D eigenvalue weighted by Crippen LogP contribution is 2.47. The number of hydrogen-bond acceptors (Lipinski definition) is 2. The molecule has 1 aromatic carbocycles. The summed E-state index contributed by atoms with van der Waals surface area (Å²) < 4.78 is 39.9. The van der Waals surface area contributed by atoms with E-state index in [1.54, 1.807) is 18.2 Å². The predicted molar refractivity (Wildman–Crippen MR) is 67.4 cm³/mol. The normalized spacial score (nSPS) is 26.7. The highest BCUT2D eigenvalue weighted by molar-refractivity contribution is 5.77. The first-order chi connectivity index (χ1) is 9.29. The molecule has 0 amide bonds. The summed E-state index contributed by atoms with van der Waals surface area (Å²) in [5, 5.41) is 11.7. The second-order valence-corrected chi connectivity index (χ2v) is 5.23. The first-order valence-corrected chi connectivity index (χ1v) is 6.34. The van der Waals surface area contributed by atoms with Crippen molar-refractivity contribution in [3.05, 3.63) is 35.4 Å². The third-order valence-corrected chi connectivity index (χ3v) is 4.11. The Morgan fingerprint density at radius 3 is 2.65 bits per heavy atom. The smallest absolute Gasteiger partial charge is 0.406 e. The van der Waals surface area contributed by atoms with Gasteiger partial charge in [-0.3, -0.25) is 4.79 Å². The molecule has 1 saturated heterocycles. The standard InChI is InChI=1S/C14H16F3NO2/c1-9-4-2-3-5-10(9)6-11-7-18-8-13(11,12(19)20)14(15,16)17/h2-5,11,18H,6-8H2,1H3,(H,19,20)/t11-,13-/m0/s1. The minimum atomic E-state index is -4.77. The van der Waals surface area contributed by atoms with Gasteiger partial charge in [0.2, 0.25) is 0 Å². The van der Waals surface area contributed by atoms with Crippen molar-refractivity contribution in [1.29, 1.82) is 0 Å². The van der Waals surface area contributed by atoms with Crippen molar-refractivity contribution in [2.75, 3.05) is 13.1 Å². The average molecular weight is 287 g/mol. The van der Waals surface area contributed by atoms with Crippen molar-refractivity contribution in [3.63, 3.8) is 0 Å². The molecule has 0 unspecified atom stereocenters. The average Bonchev–Trinajstić information content (AvgIpc) is 2.76. The van der Waals surface area contributed by atoms with Gasteiger partial charge in [0.05, 0.1) is 0 Å². The molecule has 2 atom stereocenters. The van der Waals surface area contributed by atoms with Gasteiger partial charge < -0.3 is 10.4 Å². The lowest BCUT2D eigenvalue weighted by atomic mass is 9.74. The fourth-order valence-electron chi connectivity index (χ4n) is 2.82. The molecule has 0 aromatic heterocycles. The molecule has 0 saturated carbocycles. The van der Waals surface area contributed by atoms with Crippen molar-refractivity contribution in [2.24, 2.45) is 11.3 Å². The van der Waals surface area contributed by atoms with E-state index in [9.17, 15) is 18.0 Å². The Kier molecular flexibility index (Phi) is 3.77. The summed E-state index contributed by atoms with van der Waals surface area (Å²) in [4.78, 5) is 11.3. The third kappa shape index (κ3) is 2.28. The maximum Gasteiger partial charge on any atom is 0.406 e. The monoisotopic (exact) mass is 287 g/mol. The number of carbonyl (C=O) groups is 1. The van der Waals surface area contributed by atoms with Gasteiger partial charge in [0.25, 0.3) is 0 Å². The van der Waals surface area contributed by atoms with Gasteiger partial charge in [-0.05, 0) is 31.0 Å². The molecule has 1 fully saturated rings. The van der Waals surface area contributed by atoms with Gasteiger partial charge in [-0.15, -0.1) is 0 Å². The number of hydrogen-bond donors (Lipinski definition) is 2. The Hall–Kier alpha value is -1.56. The summed E-state index contributed by atoms with van der Waals surface area (Å²) in [6.07, 6.45) is -4.67. The van der Waals surface area contributed by atoms with Crippen LogP contribution < -0.4 is 5.32 Å². The fourth-order valence-corrected chi connectivity index (χ4v) is 2.82. The maximum absolute atomic E-state index is 13.3. The van der Waals surface area contributed by atoms with Crippen LogP contribution in [0.4, 0.5) is 13.2 Å². The zero-order valence-corrected chi connectivity index (χ0v) is 11.0. The summed E-state index contributed by atoms with van der Waals surface area (Å²) in [5.41, 5.74) is -1.06. The number of benzene rings is 1. The Morgan fingerprint density at radius 2 is 2.10 bits per heavy atom. The van der Waals surface area contributed by atoms with E-state index in [-0.39, 0.29) is 13.0 Å². The van der Waals surface area contributed by atoms with Gasteiger partial charge in [0.15, 0.2) is 5.41 Å². The zero-order valence-electron chi connectivity index (χ0n) is 11.0. The van der Waals surface area contributed by atoms with Crippen LogP contribution in [0.3, 0.4) is 0 Å². The van der Waals surface area contributed by atoms with Crippen LogP contribution in [0, 0.1) is 18.3 Å². The summed E-state index contributed by atoms with van der Waals surface area (Å²) >= 11 is 0. The second-order valence-electron chi connectivity index (χ2n) is 5.23. The molecule has 1 aromatic rings. The lowest BCUT2D eigenvalue weighted by Crippen LogP contribution is -2.51. The highest BCUT2D eigenvalue weighted by atomic mass is 19.4. The first-order valence-electron chi connectivity index (χ1n) is 6.34. The molecule has 6 heteroatoms. The van der Waals surface area contributed by atoms with Crippen molar-refractivity contribution in [2.45, 2.75) is 19.5 Å². The van der Waals surface area contributed by atoms with E-state index in [0.717, 1.165) is 11.1 Å². The van der Waals surface area contributed by atoms with Crippen LogP contribution >= 0.6 is 0 Å². The number of aliphatic carboxylic acids is 1. The Morgan fingerprint density at radius 1 is 1.45 bits per heavy atom. The molecule has 0 radical (unpaired) electrons. The molecular weight excluding hydrogens is 271 g/mol. The predicted octanol–water partition coefficient (Wildman–Crippen LogP) is 2.39. The van der Waals surface area contributed by atoms with Gasteiger partial charge in [-0.1, -0.05) is 24.3 Å². The van der Waals surface area contributed by atoms with Crippen LogP contribution in [0.25, 0.3) is 0 Å². The summed E-state index contributed by atoms with van der Waals surface area (Å²) in [6.45, 7) is 1.30. The molecule has 1 heterocycles. The molecule has 20 heavy (non-hydrogen) atoms. The van der Waals surface area contributed by atoms with E-state index in [1.807, 2.05) is 13.0 Å². The van der Waals surface area contributed by atoms with Crippen LogP contribution in [-0.2, 0) is 11.2 Å². The lowest BCUT2D eigenvalue weighted by molar-refractivity contribution is -0.236. The van der Waals surface area contributed by atoms with Crippen molar-refractivity contribution in [3.8, 4) is 0 Å². The van der Waals surface area contributed by atoms with Crippen LogP contribution in [0.5, 0.6) is 0 Å². The molecule has 3 nitrogen and oxygen atoms in total. The summed E-state index contributed by atoms with van der Waals surface area (Å²) in [5.74, 6) is -2.80. The van der Waals surface area contributed by atoms with Gasteiger partial charge >= 0.3 is 12.1 Å².